The van der Waals surface area contributed by atoms with Crippen LogP contribution < -0.4 is 5.32 Å². The number of nitrogens with zero attached hydrogens (tertiary/aromatic N) is 1. The molecular formula is C24H27FN2O. The number of nitrogens with one attached hydrogen (secondary N) is 1. The largest absolute Gasteiger partial charge is 0.352 e. The van der Waals surface area contributed by atoms with Crippen molar-refractivity contribution in [3.8, 4) is 16.9 Å². The predicted molar refractivity (Wildman–Crippen MR) is 112 cm³/mol. The molecule has 28 heavy (non-hydrogen) atoms. The maximum atomic E-state index is 13.4. The van der Waals surface area contributed by atoms with Crippen LogP contribution >= 0.6 is 0 Å². The van der Waals surface area contributed by atoms with Gasteiger partial charge in [-0.05, 0) is 79.8 Å². The lowest BCUT2D eigenvalue weighted by molar-refractivity contribution is 0.0951. The van der Waals surface area contributed by atoms with Gasteiger partial charge in [-0.15, -0.1) is 0 Å². The van der Waals surface area contributed by atoms with Crippen LogP contribution in [0.5, 0.6) is 0 Å². The lowest BCUT2D eigenvalue weighted by Crippen LogP contribution is -2.25. The van der Waals surface area contributed by atoms with Crippen LogP contribution in [-0.4, -0.2) is 17.0 Å². The summed E-state index contributed by atoms with van der Waals surface area (Å²) in [5.74, 6) is 0.182. The van der Waals surface area contributed by atoms with Crippen molar-refractivity contribution in [2.24, 2.45) is 5.92 Å². The highest BCUT2D eigenvalue weighted by molar-refractivity contribution is 5.97. The molecule has 1 amide bonds. The molecule has 0 aliphatic rings. The van der Waals surface area contributed by atoms with E-state index in [9.17, 15) is 9.18 Å². The van der Waals surface area contributed by atoms with Crippen molar-refractivity contribution in [1.82, 2.24) is 9.88 Å². The van der Waals surface area contributed by atoms with Crippen molar-refractivity contribution in [1.29, 1.82) is 0 Å². The van der Waals surface area contributed by atoms with Gasteiger partial charge in [-0.1, -0.05) is 26.0 Å². The number of halogens is 1. The zero-order chi connectivity index (χ0) is 20.3. The molecule has 0 bridgehead atoms. The van der Waals surface area contributed by atoms with E-state index in [4.69, 9.17) is 0 Å². The number of carbonyl (C=O) groups excluding carboxylic acids is 1. The molecule has 1 heterocycles. The van der Waals surface area contributed by atoms with Crippen molar-refractivity contribution in [2.75, 3.05) is 6.54 Å². The summed E-state index contributed by atoms with van der Waals surface area (Å²) in [5, 5.41) is 3.02. The van der Waals surface area contributed by atoms with Gasteiger partial charge >= 0.3 is 0 Å². The second-order valence-corrected chi connectivity index (χ2v) is 7.65. The Hall–Kier alpha value is -2.88. The summed E-state index contributed by atoms with van der Waals surface area (Å²) >= 11 is 0. The fraction of sp³-hybridized carbons (Fsp3) is 0.292. The Labute approximate surface area is 166 Å². The minimum absolute atomic E-state index is 0.0760. The maximum absolute atomic E-state index is 13.4. The minimum Gasteiger partial charge on any atom is -0.352 e. The summed E-state index contributed by atoms with van der Waals surface area (Å²) in [6, 6.07) is 16.4. The highest BCUT2D eigenvalue weighted by atomic mass is 19.1. The first kappa shape index (κ1) is 19.9. The van der Waals surface area contributed by atoms with Crippen LogP contribution in [0.3, 0.4) is 0 Å². The average Bonchev–Trinajstić information content (AvgIpc) is 2.99. The third-order valence-corrected chi connectivity index (χ3v) is 4.90. The lowest BCUT2D eigenvalue weighted by atomic mass is 10.1. The van der Waals surface area contributed by atoms with Gasteiger partial charge in [-0.2, -0.15) is 0 Å². The maximum Gasteiger partial charge on any atom is 0.253 e. The third kappa shape index (κ3) is 4.33. The van der Waals surface area contributed by atoms with E-state index in [-0.39, 0.29) is 11.7 Å². The highest BCUT2D eigenvalue weighted by Crippen LogP contribution is 2.30. The number of carbonyl (C=O) groups is 1. The van der Waals surface area contributed by atoms with Gasteiger partial charge in [0.25, 0.3) is 5.91 Å². The molecule has 0 fully saturated rings. The standard InChI is InChI=1S/C24H27FN2O/c1-16(2)12-13-26-24(28)22-15-23(19-8-10-20(25)11-9-19)27(18(22)4)21-7-5-6-17(3)14-21/h5-11,14-16H,12-13H2,1-4H3,(H,26,28). The highest BCUT2D eigenvalue weighted by Gasteiger charge is 2.19. The second kappa shape index (κ2) is 8.42. The van der Waals surface area contributed by atoms with E-state index in [1.165, 1.54) is 12.1 Å². The Bertz CT molecular complexity index is 971. The van der Waals surface area contributed by atoms with Crippen LogP contribution in [0.1, 0.15) is 41.9 Å². The number of amides is 1. The quantitative estimate of drug-likeness (QED) is 0.589. The molecule has 0 spiro atoms. The van der Waals surface area contributed by atoms with Crippen LogP contribution in [0.15, 0.2) is 54.6 Å². The van der Waals surface area contributed by atoms with Gasteiger partial charge in [0.05, 0.1) is 11.3 Å². The number of rotatable bonds is 6. The van der Waals surface area contributed by atoms with Gasteiger partial charge < -0.3 is 9.88 Å². The second-order valence-electron chi connectivity index (χ2n) is 7.65. The minimum atomic E-state index is -0.277. The van der Waals surface area contributed by atoms with E-state index < -0.39 is 0 Å². The summed E-state index contributed by atoms with van der Waals surface area (Å²) in [7, 11) is 0. The zero-order valence-corrected chi connectivity index (χ0v) is 16.9. The van der Waals surface area contributed by atoms with E-state index in [0.29, 0.717) is 18.0 Å². The van der Waals surface area contributed by atoms with Gasteiger partial charge in [-0.3, -0.25) is 4.79 Å². The first-order valence-electron chi connectivity index (χ1n) is 9.70. The molecule has 0 aliphatic heterocycles. The van der Waals surface area contributed by atoms with Crippen LogP contribution in [-0.2, 0) is 0 Å². The molecule has 2 aromatic carbocycles. The van der Waals surface area contributed by atoms with E-state index >= 15 is 0 Å². The van der Waals surface area contributed by atoms with Gasteiger partial charge in [0, 0.05) is 17.9 Å². The van der Waals surface area contributed by atoms with E-state index in [2.05, 4.69) is 29.8 Å². The number of hydrogen-bond acceptors (Lipinski definition) is 1. The lowest BCUT2D eigenvalue weighted by Gasteiger charge is -2.13. The molecule has 1 N–H and O–H groups in total. The van der Waals surface area contributed by atoms with Gasteiger partial charge in [-0.25, -0.2) is 4.39 Å². The Kier molecular flexibility index (Phi) is 5.98. The monoisotopic (exact) mass is 378 g/mol. The molecule has 146 valence electrons. The Morgan fingerprint density at radius 3 is 2.43 bits per heavy atom. The molecule has 0 atom stereocenters. The molecule has 3 nitrogen and oxygen atoms in total. The van der Waals surface area contributed by atoms with Crippen LogP contribution in [0, 0.1) is 25.6 Å². The van der Waals surface area contributed by atoms with Crippen LogP contribution in [0.2, 0.25) is 0 Å². The first-order valence-corrected chi connectivity index (χ1v) is 9.70. The molecule has 0 aliphatic carbocycles. The molecular weight excluding hydrogens is 351 g/mol. The fourth-order valence-corrected chi connectivity index (χ4v) is 3.34. The van der Waals surface area contributed by atoms with Crippen LogP contribution in [0.4, 0.5) is 4.39 Å². The summed E-state index contributed by atoms with van der Waals surface area (Å²) < 4.78 is 15.5. The molecule has 0 radical (unpaired) electrons. The summed E-state index contributed by atoms with van der Waals surface area (Å²) in [6.45, 7) is 8.92. The smallest absolute Gasteiger partial charge is 0.253 e. The van der Waals surface area contributed by atoms with E-state index in [1.54, 1.807) is 12.1 Å². The van der Waals surface area contributed by atoms with Crippen molar-refractivity contribution >= 4 is 5.91 Å². The summed E-state index contributed by atoms with van der Waals surface area (Å²) in [5.41, 5.74) is 5.37. The number of benzene rings is 2. The van der Waals surface area contributed by atoms with E-state index in [0.717, 1.165) is 34.6 Å². The average molecular weight is 378 g/mol. The molecule has 3 aromatic rings. The SMILES string of the molecule is Cc1cccc(-n2c(-c3ccc(F)cc3)cc(C(=O)NCCC(C)C)c2C)c1. The molecule has 0 saturated heterocycles. The molecule has 1 aromatic heterocycles. The topological polar surface area (TPSA) is 34.0 Å². The first-order chi connectivity index (χ1) is 13.4. The van der Waals surface area contributed by atoms with Crippen molar-refractivity contribution in [2.45, 2.75) is 34.1 Å². The number of aromatic nitrogens is 1. The molecule has 3 rings (SSSR count). The Balaban J connectivity index is 2.07. The van der Waals surface area contributed by atoms with Crippen molar-refractivity contribution in [3.05, 3.63) is 77.2 Å². The summed E-state index contributed by atoms with van der Waals surface area (Å²) in [4.78, 5) is 12.8. The van der Waals surface area contributed by atoms with Crippen molar-refractivity contribution < 1.29 is 9.18 Å². The Morgan fingerprint density at radius 2 is 1.79 bits per heavy atom. The number of hydrogen-bond donors (Lipinski definition) is 1. The molecule has 0 unspecified atom stereocenters. The third-order valence-electron chi connectivity index (χ3n) is 4.90. The Morgan fingerprint density at radius 1 is 1.07 bits per heavy atom. The molecule has 4 heteroatoms. The van der Waals surface area contributed by atoms with Crippen molar-refractivity contribution in [3.63, 3.8) is 0 Å². The van der Waals surface area contributed by atoms with Gasteiger partial charge in [0.15, 0.2) is 0 Å². The van der Waals surface area contributed by atoms with Crippen LogP contribution in [0.25, 0.3) is 16.9 Å². The van der Waals surface area contributed by atoms with Gasteiger partial charge in [0.1, 0.15) is 5.82 Å². The van der Waals surface area contributed by atoms with E-state index in [1.807, 2.05) is 38.1 Å². The molecule has 0 saturated carbocycles. The zero-order valence-electron chi connectivity index (χ0n) is 16.9. The number of aryl methyl sites for hydroxylation is 1. The summed E-state index contributed by atoms with van der Waals surface area (Å²) in [6.07, 6.45) is 0.939. The fourth-order valence-electron chi connectivity index (χ4n) is 3.34. The normalized spacial score (nSPS) is 11.1. The predicted octanol–water partition coefficient (Wildman–Crippen LogP) is 5.68. The van der Waals surface area contributed by atoms with Gasteiger partial charge in [0.2, 0.25) is 0 Å².